The van der Waals surface area contributed by atoms with Crippen LogP contribution in [-0.4, -0.2) is 31.5 Å². The fourth-order valence-corrected chi connectivity index (χ4v) is 4.21. The van der Waals surface area contributed by atoms with E-state index in [1.807, 2.05) is 58.0 Å². The molecule has 0 saturated carbocycles. The summed E-state index contributed by atoms with van der Waals surface area (Å²) in [6, 6.07) is 9.61. The quantitative estimate of drug-likeness (QED) is 0.506. The summed E-state index contributed by atoms with van der Waals surface area (Å²) in [4.78, 5) is 0. The maximum atomic E-state index is 13.5. The summed E-state index contributed by atoms with van der Waals surface area (Å²) in [5.74, 6) is 0. The van der Waals surface area contributed by atoms with E-state index in [0.29, 0.717) is 5.21 Å². The van der Waals surface area contributed by atoms with E-state index in [4.69, 9.17) is 18.4 Å². The molecule has 5 nitrogen and oxygen atoms in total. The largest absolute Gasteiger partial charge is 0.503 e. The Kier molecular flexibility index (Phi) is 6.34. The maximum absolute atomic E-state index is 13.5. The van der Waals surface area contributed by atoms with Crippen LogP contribution >= 0.6 is 7.60 Å². The minimum Gasteiger partial charge on any atom is -0.399 e. The molecule has 1 aliphatic heterocycles. The number of hydrogen-bond acceptors (Lipinski definition) is 5. The van der Waals surface area contributed by atoms with Gasteiger partial charge < -0.3 is 18.4 Å². The molecular formula is C18H28BO5P. The molecule has 0 bridgehead atoms. The Hall–Kier alpha value is -0.905. The van der Waals surface area contributed by atoms with E-state index < -0.39 is 25.9 Å². The third-order valence-corrected chi connectivity index (χ3v) is 6.69. The summed E-state index contributed by atoms with van der Waals surface area (Å²) in [6.07, 6.45) is 1.79. The maximum Gasteiger partial charge on any atom is 0.503 e. The summed E-state index contributed by atoms with van der Waals surface area (Å²) >= 11 is 0. The van der Waals surface area contributed by atoms with E-state index in [-0.39, 0.29) is 13.2 Å². The van der Waals surface area contributed by atoms with Gasteiger partial charge in [0.1, 0.15) is 0 Å². The minimum atomic E-state index is -3.55. The van der Waals surface area contributed by atoms with Crippen LogP contribution in [0, 0.1) is 0 Å². The Morgan fingerprint density at radius 1 is 1.04 bits per heavy atom. The molecule has 0 aromatic heterocycles. The van der Waals surface area contributed by atoms with E-state index in [9.17, 15) is 4.57 Å². The predicted octanol–water partition coefficient (Wildman–Crippen LogP) is 4.93. The third-order valence-electron chi connectivity index (χ3n) is 4.52. The first-order valence-corrected chi connectivity index (χ1v) is 10.2. The molecule has 2 rings (SSSR count). The topological polar surface area (TPSA) is 54.0 Å². The van der Waals surface area contributed by atoms with Crippen LogP contribution in [0.25, 0.3) is 6.08 Å². The average molecular weight is 366 g/mol. The molecule has 0 radical (unpaired) electrons. The van der Waals surface area contributed by atoms with Crippen molar-refractivity contribution in [1.29, 1.82) is 0 Å². The number of rotatable bonds is 7. The van der Waals surface area contributed by atoms with Gasteiger partial charge in [0.2, 0.25) is 0 Å². The van der Waals surface area contributed by atoms with Crippen molar-refractivity contribution in [2.45, 2.75) is 52.7 Å². The molecule has 0 unspecified atom stereocenters. The van der Waals surface area contributed by atoms with Gasteiger partial charge in [-0.3, -0.25) is 4.57 Å². The predicted molar refractivity (Wildman–Crippen MR) is 101 cm³/mol. The highest BCUT2D eigenvalue weighted by Crippen LogP contribution is 2.59. The fourth-order valence-electron chi connectivity index (χ4n) is 2.49. The molecule has 0 aliphatic carbocycles. The summed E-state index contributed by atoms with van der Waals surface area (Å²) in [6.45, 7) is 11.9. The Balaban J connectivity index is 2.50. The average Bonchev–Trinajstić information content (AvgIpc) is 2.74. The number of hydrogen-bond donors (Lipinski definition) is 0. The smallest absolute Gasteiger partial charge is 0.399 e. The monoisotopic (exact) mass is 366 g/mol. The lowest BCUT2D eigenvalue weighted by molar-refractivity contribution is 0.00578. The van der Waals surface area contributed by atoms with Crippen LogP contribution < -0.4 is 0 Å². The van der Waals surface area contributed by atoms with Crippen molar-refractivity contribution in [3.63, 3.8) is 0 Å². The molecule has 1 aromatic carbocycles. The van der Waals surface area contributed by atoms with E-state index in [1.165, 1.54) is 0 Å². The van der Waals surface area contributed by atoms with Gasteiger partial charge in [0.05, 0.1) is 29.6 Å². The van der Waals surface area contributed by atoms with E-state index in [0.717, 1.165) is 5.56 Å². The zero-order valence-corrected chi connectivity index (χ0v) is 16.8. The van der Waals surface area contributed by atoms with E-state index >= 15 is 0 Å². The summed E-state index contributed by atoms with van der Waals surface area (Å²) < 4.78 is 36.8. The molecule has 7 heteroatoms. The van der Waals surface area contributed by atoms with Crippen molar-refractivity contribution in [3.8, 4) is 0 Å². The molecule has 1 aliphatic rings. The summed E-state index contributed by atoms with van der Waals surface area (Å²) in [5, 5.41) is 0.390. The molecule has 0 atom stereocenters. The Bertz CT molecular complexity index is 631. The van der Waals surface area contributed by atoms with Crippen LogP contribution in [0.2, 0.25) is 0 Å². The first kappa shape index (κ1) is 20.4. The zero-order chi connectivity index (χ0) is 18.7. The lowest BCUT2D eigenvalue weighted by atomic mass is 9.88. The van der Waals surface area contributed by atoms with Crippen molar-refractivity contribution < 1.29 is 22.9 Å². The number of benzene rings is 1. The summed E-state index contributed by atoms with van der Waals surface area (Å²) in [7, 11) is -4.34. The van der Waals surface area contributed by atoms with Gasteiger partial charge in [-0.2, -0.15) is 0 Å². The Labute approximate surface area is 151 Å². The molecule has 0 amide bonds. The van der Waals surface area contributed by atoms with Gasteiger partial charge >= 0.3 is 14.7 Å². The highest BCUT2D eigenvalue weighted by atomic mass is 31.2. The first-order valence-electron chi connectivity index (χ1n) is 8.67. The normalized spacial score (nSPS) is 20.1. The minimum absolute atomic E-state index is 0.267. The second-order valence-corrected chi connectivity index (χ2v) is 8.93. The zero-order valence-electron chi connectivity index (χ0n) is 15.9. The van der Waals surface area contributed by atoms with Crippen molar-refractivity contribution >= 4 is 20.8 Å². The van der Waals surface area contributed by atoms with Crippen molar-refractivity contribution in [3.05, 3.63) is 41.1 Å². The van der Waals surface area contributed by atoms with Crippen LogP contribution in [0.1, 0.15) is 47.1 Å². The lowest BCUT2D eigenvalue weighted by Gasteiger charge is -2.32. The van der Waals surface area contributed by atoms with Crippen LogP contribution in [0.15, 0.2) is 35.5 Å². The highest BCUT2D eigenvalue weighted by Gasteiger charge is 2.56. The molecule has 1 heterocycles. The molecule has 0 N–H and O–H groups in total. The van der Waals surface area contributed by atoms with E-state index in [1.54, 1.807) is 19.9 Å². The van der Waals surface area contributed by atoms with Gasteiger partial charge in [0, 0.05) is 0 Å². The Morgan fingerprint density at radius 2 is 1.52 bits per heavy atom. The van der Waals surface area contributed by atoms with Crippen molar-refractivity contribution in [2.75, 3.05) is 13.2 Å². The van der Waals surface area contributed by atoms with Crippen LogP contribution in [0.3, 0.4) is 0 Å². The Morgan fingerprint density at radius 3 is 1.96 bits per heavy atom. The first-order chi connectivity index (χ1) is 11.6. The lowest BCUT2D eigenvalue weighted by Crippen LogP contribution is -2.41. The molecule has 25 heavy (non-hydrogen) atoms. The van der Waals surface area contributed by atoms with Gasteiger partial charge in [0.15, 0.2) is 0 Å². The molecule has 1 aromatic rings. The van der Waals surface area contributed by atoms with Crippen LogP contribution in [0.5, 0.6) is 0 Å². The van der Waals surface area contributed by atoms with Crippen LogP contribution in [-0.2, 0) is 22.9 Å². The van der Waals surface area contributed by atoms with E-state index in [2.05, 4.69) is 0 Å². The van der Waals surface area contributed by atoms with Crippen molar-refractivity contribution in [2.24, 2.45) is 0 Å². The van der Waals surface area contributed by atoms with Gasteiger partial charge in [-0.05, 0) is 53.2 Å². The SMILES string of the molecule is CCOP(=O)(OCC)/C(=C\c1ccccc1)B1OC(C)(C)C(C)(C)O1. The molecule has 1 fully saturated rings. The van der Waals surface area contributed by atoms with Gasteiger partial charge in [-0.15, -0.1) is 0 Å². The second-order valence-electron chi connectivity index (χ2n) is 6.90. The molecular weight excluding hydrogens is 338 g/mol. The van der Waals surface area contributed by atoms with Gasteiger partial charge in [0.25, 0.3) is 0 Å². The van der Waals surface area contributed by atoms with Gasteiger partial charge in [-0.25, -0.2) is 0 Å². The molecule has 1 saturated heterocycles. The van der Waals surface area contributed by atoms with Crippen molar-refractivity contribution in [1.82, 2.24) is 0 Å². The summed E-state index contributed by atoms with van der Waals surface area (Å²) in [5.41, 5.74) is -0.209. The highest BCUT2D eigenvalue weighted by molar-refractivity contribution is 7.61. The third kappa shape index (κ3) is 4.44. The van der Waals surface area contributed by atoms with Crippen LogP contribution in [0.4, 0.5) is 0 Å². The molecule has 138 valence electrons. The fraction of sp³-hybridized carbons (Fsp3) is 0.556. The molecule has 0 spiro atoms. The van der Waals surface area contributed by atoms with Gasteiger partial charge in [-0.1, -0.05) is 30.3 Å². The second kappa shape index (κ2) is 7.77. The standard InChI is InChI=1S/C18H28BO5P/c1-7-21-25(20,22-8-2)16(14-15-12-10-9-11-13-15)19-23-17(3,4)18(5,6)24-19/h9-14H,7-8H2,1-6H3/b16-14-.